The molecule has 8 heteroatoms. The van der Waals surface area contributed by atoms with Gasteiger partial charge in [-0.3, -0.25) is 4.79 Å². The SMILES string of the molecule is CCN(CC)S(=O)(=O)c1cccc(C(=O)N[C@@H]2CCSc3c(F)cccc32)c1. The van der Waals surface area contributed by atoms with Crippen molar-refractivity contribution in [2.45, 2.75) is 36.1 Å². The molecule has 1 atom stereocenters. The summed E-state index contributed by atoms with van der Waals surface area (Å²) in [5.74, 6) is 0.0485. The summed E-state index contributed by atoms with van der Waals surface area (Å²) in [6, 6.07) is 10.6. The predicted molar refractivity (Wildman–Crippen MR) is 108 cm³/mol. The van der Waals surface area contributed by atoms with Crippen molar-refractivity contribution in [3.05, 3.63) is 59.4 Å². The molecule has 2 aromatic carbocycles. The molecule has 0 aliphatic carbocycles. The van der Waals surface area contributed by atoms with Crippen molar-refractivity contribution >= 4 is 27.7 Å². The minimum absolute atomic E-state index is 0.0921. The maximum atomic E-state index is 14.0. The number of amides is 1. The standard InChI is InChI=1S/C20H23FN2O3S2/c1-3-23(4-2)28(25,26)15-8-5-7-14(13-15)20(24)22-18-11-12-27-19-16(18)9-6-10-17(19)21/h5-10,13,18H,3-4,11-12H2,1-2H3,(H,22,24)/t18-/m1/s1. The van der Waals surface area contributed by atoms with E-state index in [2.05, 4.69) is 5.32 Å². The molecule has 28 heavy (non-hydrogen) atoms. The van der Waals surface area contributed by atoms with E-state index in [9.17, 15) is 17.6 Å². The Hall–Kier alpha value is -1.90. The van der Waals surface area contributed by atoms with Crippen LogP contribution in [-0.2, 0) is 10.0 Å². The molecule has 1 heterocycles. The Balaban J connectivity index is 1.85. The maximum Gasteiger partial charge on any atom is 0.251 e. The number of benzene rings is 2. The molecule has 0 aromatic heterocycles. The molecule has 2 aromatic rings. The second kappa shape index (κ2) is 8.63. The average Bonchev–Trinajstić information content (AvgIpc) is 2.69. The smallest absolute Gasteiger partial charge is 0.251 e. The topological polar surface area (TPSA) is 66.5 Å². The number of fused-ring (bicyclic) bond motifs is 1. The Kier molecular flexibility index (Phi) is 6.42. The third kappa shape index (κ3) is 4.09. The van der Waals surface area contributed by atoms with Crippen molar-refractivity contribution < 1.29 is 17.6 Å². The van der Waals surface area contributed by atoms with E-state index in [-0.39, 0.29) is 28.2 Å². The fourth-order valence-corrected chi connectivity index (χ4v) is 5.93. The minimum atomic E-state index is -3.64. The summed E-state index contributed by atoms with van der Waals surface area (Å²) < 4.78 is 40.8. The normalized spacial score (nSPS) is 16.6. The number of thioether (sulfide) groups is 1. The zero-order chi connectivity index (χ0) is 20.3. The molecule has 1 amide bonds. The lowest BCUT2D eigenvalue weighted by Crippen LogP contribution is -2.32. The average molecular weight is 423 g/mol. The van der Waals surface area contributed by atoms with Crippen molar-refractivity contribution in [2.75, 3.05) is 18.8 Å². The van der Waals surface area contributed by atoms with Crippen LogP contribution in [0.25, 0.3) is 0 Å². The molecule has 0 unspecified atom stereocenters. The van der Waals surface area contributed by atoms with Crippen molar-refractivity contribution in [1.29, 1.82) is 0 Å². The molecule has 0 spiro atoms. The molecule has 150 valence electrons. The maximum absolute atomic E-state index is 14.0. The Labute approximate surface area is 169 Å². The Morgan fingerprint density at radius 2 is 1.93 bits per heavy atom. The second-order valence-corrected chi connectivity index (χ2v) is 9.48. The monoisotopic (exact) mass is 422 g/mol. The lowest BCUT2D eigenvalue weighted by atomic mass is 10.0. The number of carbonyl (C=O) groups excluding carboxylic acids is 1. The summed E-state index contributed by atoms with van der Waals surface area (Å²) in [7, 11) is -3.64. The van der Waals surface area contributed by atoms with Crippen molar-refractivity contribution in [1.82, 2.24) is 9.62 Å². The third-order valence-corrected chi connectivity index (χ3v) is 7.98. The van der Waals surface area contributed by atoms with Crippen LogP contribution in [0.5, 0.6) is 0 Å². The van der Waals surface area contributed by atoms with Gasteiger partial charge in [0.1, 0.15) is 5.82 Å². The van der Waals surface area contributed by atoms with Crippen molar-refractivity contribution in [3.63, 3.8) is 0 Å². The van der Waals surface area contributed by atoms with E-state index in [1.807, 2.05) is 6.07 Å². The van der Waals surface area contributed by atoms with Crippen LogP contribution in [0, 0.1) is 5.82 Å². The van der Waals surface area contributed by atoms with E-state index in [4.69, 9.17) is 0 Å². The van der Waals surface area contributed by atoms with Gasteiger partial charge in [0.2, 0.25) is 10.0 Å². The van der Waals surface area contributed by atoms with E-state index in [1.165, 1.54) is 34.3 Å². The van der Waals surface area contributed by atoms with Gasteiger partial charge < -0.3 is 5.32 Å². The van der Waals surface area contributed by atoms with E-state index < -0.39 is 10.0 Å². The summed E-state index contributed by atoms with van der Waals surface area (Å²) in [5, 5.41) is 2.93. The number of nitrogens with zero attached hydrogens (tertiary/aromatic N) is 1. The summed E-state index contributed by atoms with van der Waals surface area (Å²) in [6.45, 7) is 4.26. The zero-order valence-corrected chi connectivity index (χ0v) is 17.4. The van der Waals surface area contributed by atoms with Crippen LogP contribution < -0.4 is 5.32 Å². The molecule has 0 bridgehead atoms. The highest BCUT2D eigenvalue weighted by Crippen LogP contribution is 2.37. The number of hydrogen-bond acceptors (Lipinski definition) is 4. The van der Waals surface area contributed by atoms with Crippen molar-refractivity contribution in [2.24, 2.45) is 0 Å². The van der Waals surface area contributed by atoms with Gasteiger partial charge >= 0.3 is 0 Å². The largest absolute Gasteiger partial charge is 0.345 e. The van der Waals surface area contributed by atoms with Gasteiger partial charge in [0.05, 0.1) is 10.9 Å². The number of nitrogens with one attached hydrogen (secondary N) is 1. The summed E-state index contributed by atoms with van der Waals surface area (Å²) in [5.41, 5.74) is 1.03. The van der Waals surface area contributed by atoms with E-state index >= 15 is 0 Å². The molecule has 1 N–H and O–H groups in total. The lowest BCUT2D eigenvalue weighted by Gasteiger charge is -2.26. The van der Waals surface area contributed by atoms with E-state index in [0.717, 1.165) is 5.56 Å². The molecule has 3 rings (SSSR count). The Morgan fingerprint density at radius 1 is 1.21 bits per heavy atom. The van der Waals surface area contributed by atoms with Crippen LogP contribution in [0.3, 0.4) is 0 Å². The Morgan fingerprint density at radius 3 is 2.64 bits per heavy atom. The summed E-state index contributed by atoms with van der Waals surface area (Å²) in [6.07, 6.45) is 0.685. The van der Waals surface area contributed by atoms with E-state index in [1.54, 1.807) is 32.0 Å². The first-order chi connectivity index (χ1) is 13.4. The van der Waals surface area contributed by atoms with Gasteiger partial charge in [-0.2, -0.15) is 4.31 Å². The van der Waals surface area contributed by atoms with Gasteiger partial charge in [-0.05, 0) is 36.2 Å². The highest BCUT2D eigenvalue weighted by molar-refractivity contribution is 7.99. The van der Waals surface area contributed by atoms with Gasteiger partial charge in [-0.15, -0.1) is 11.8 Å². The van der Waals surface area contributed by atoms with Crippen LogP contribution in [0.1, 0.15) is 42.2 Å². The predicted octanol–water partition coefficient (Wildman–Crippen LogP) is 3.82. The first kappa shape index (κ1) is 20.8. The number of hydrogen-bond donors (Lipinski definition) is 1. The quantitative estimate of drug-likeness (QED) is 0.769. The Bertz CT molecular complexity index is 975. The number of carbonyl (C=O) groups is 1. The van der Waals surface area contributed by atoms with Gasteiger partial charge in [0.15, 0.2) is 0 Å². The lowest BCUT2D eigenvalue weighted by molar-refractivity contribution is 0.0934. The molecular formula is C20H23FN2O3S2. The highest BCUT2D eigenvalue weighted by atomic mass is 32.2. The second-order valence-electron chi connectivity index (χ2n) is 6.44. The fraction of sp³-hybridized carbons (Fsp3) is 0.350. The van der Waals surface area contributed by atoms with Crippen LogP contribution >= 0.6 is 11.8 Å². The number of halogens is 1. The van der Waals surface area contributed by atoms with Crippen molar-refractivity contribution in [3.8, 4) is 0 Å². The van der Waals surface area contributed by atoms with Crippen LogP contribution in [0.15, 0.2) is 52.3 Å². The zero-order valence-electron chi connectivity index (χ0n) is 15.8. The van der Waals surface area contributed by atoms with Gasteiger partial charge in [-0.25, -0.2) is 12.8 Å². The highest BCUT2D eigenvalue weighted by Gasteiger charge is 2.26. The summed E-state index contributed by atoms with van der Waals surface area (Å²) in [4.78, 5) is 13.4. The van der Waals surface area contributed by atoms with Crippen LogP contribution in [-0.4, -0.2) is 37.5 Å². The van der Waals surface area contributed by atoms with Crippen LogP contribution in [0.2, 0.25) is 0 Å². The molecule has 0 saturated heterocycles. The number of rotatable bonds is 6. The molecule has 0 saturated carbocycles. The first-order valence-corrected chi connectivity index (χ1v) is 11.6. The van der Waals surface area contributed by atoms with Gasteiger partial charge in [-0.1, -0.05) is 32.0 Å². The number of sulfonamides is 1. The molecule has 5 nitrogen and oxygen atoms in total. The minimum Gasteiger partial charge on any atom is -0.345 e. The van der Waals surface area contributed by atoms with Crippen LogP contribution in [0.4, 0.5) is 4.39 Å². The third-order valence-electron chi connectivity index (χ3n) is 4.77. The molecule has 1 aliphatic heterocycles. The fourth-order valence-electron chi connectivity index (χ4n) is 3.29. The van der Waals surface area contributed by atoms with E-state index in [0.29, 0.717) is 30.2 Å². The van der Waals surface area contributed by atoms with Gasteiger partial charge in [0.25, 0.3) is 5.91 Å². The summed E-state index contributed by atoms with van der Waals surface area (Å²) >= 11 is 1.44. The molecular weight excluding hydrogens is 399 g/mol. The molecule has 0 fully saturated rings. The molecule has 1 aliphatic rings. The molecule has 0 radical (unpaired) electrons. The first-order valence-electron chi connectivity index (χ1n) is 9.20. The van der Waals surface area contributed by atoms with Gasteiger partial charge in [0, 0.05) is 29.3 Å².